The summed E-state index contributed by atoms with van der Waals surface area (Å²) in [7, 11) is -3.81. The molecule has 9 nitrogen and oxygen atoms in total. The van der Waals surface area contributed by atoms with E-state index in [1.54, 1.807) is 54.6 Å². The standard InChI is InChI=1S/C41H40BrN3O6S/c42-37-20-11-10-19-35(37)38-41(25-28-52(48,49)34-17-8-3-9-18-34,44-39(51-38)32-21-23-33(24-22-32)50-27-12-26-46)40(47)45-43-29-36(30-13-4-1-5-14-30)31-15-6-2-7-16-31/h1-11,13-24,36,38,43,46H,12,25-29H2,(H,45,47)/t38-,41-/m0/s1. The molecule has 5 aromatic rings. The molecule has 0 aliphatic carbocycles. The number of hydrogen-bond donors (Lipinski definition) is 3. The van der Waals surface area contributed by atoms with Crippen molar-refractivity contribution >= 4 is 37.6 Å². The SMILES string of the molecule is O=C(NNCC(c1ccccc1)c1ccccc1)[C@@]1(CCS(=O)(=O)c2ccccc2)N=C(c2ccc(OCCCO)cc2)O[C@H]1c1ccccc1Br. The molecule has 0 saturated carbocycles. The van der Waals surface area contributed by atoms with Crippen molar-refractivity contribution in [3.63, 3.8) is 0 Å². The second kappa shape index (κ2) is 17.1. The summed E-state index contributed by atoms with van der Waals surface area (Å²) < 4.78 is 40.4. The van der Waals surface area contributed by atoms with E-state index in [0.29, 0.717) is 40.9 Å². The van der Waals surface area contributed by atoms with E-state index in [1.807, 2.05) is 84.9 Å². The van der Waals surface area contributed by atoms with E-state index >= 15 is 0 Å². The average Bonchev–Trinajstić information content (AvgIpc) is 3.58. The number of nitrogens with one attached hydrogen (secondary N) is 2. The van der Waals surface area contributed by atoms with Crippen molar-refractivity contribution in [2.45, 2.75) is 35.3 Å². The van der Waals surface area contributed by atoms with E-state index in [2.05, 4.69) is 26.8 Å². The molecule has 0 saturated heterocycles. The highest BCUT2D eigenvalue weighted by atomic mass is 79.9. The summed E-state index contributed by atoms with van der Waals surface area (Å²) in [5.41, 5.74) is 7.75. The van der Waals surface area contributed by atoms with Gasteiger partial charge in [0.25, 0.3) is 5.91 Å². The van der Waals surface area contributed by atoms with Crippen molar-refractivity contribution in [2.24, 2.45) is 4.99 Å². The summed E-state index contributed by atoms with van der Waals surface area (Å²) in [5, 5.41) is 9.12. The number of sulfone groups is 1. The zero-order chi connectivity index (χ0) is 36.4. The van der Waals surface area contributed by atoms with Crippen LogP contribution in [0.25, 0.3) is 0 Å². The summed E-state index contributed by atoms with van der Waals surface area (Å²) in [4.78, 5) is 19.9. The number of halogens is 1. The zero-order valence-electron chi connectivity index (χ0n) is 28.4. The average molecular weight is 783 g/mol. The van der Waals surface area contributed by atoms with Crippen LogP contribution in [0.15, 0.2) is 154 Å². The number of rotatable bonds is 16. The monoisotopic (exact) mass is 781 g/mol. The predicted octanol–water partition coefficient (Wildman–Crippen LogP) is 6.78. The van der Waals surface area contributed by atoms with E-state index in [0.717, 1.165) is 11.1 Å². The number of carbonyl (C=O) groups is 1. The molecule has 2 atom stereocenters. The lowest BCUT2D eigenvalue weighted by Gasteiger charge is -2.31. The van der Waals surface area contributed by atoms with Gasteiger partial charge < -0.3 is 14.6 Å². The fraction of sp³-hybridized carbons (Fsp3) is 0.220. The van der Waals surface area contributed by atoms with Crippen LogP contribution in [-0.4, -0.2) is 56.4 Å². The highest BCUT2D eigenvalue weighted by Crippen LogP contribution is 2.45. The van der Waals surface area contributed by atoms with E-state index < -0.39 is 27.4 Å². The van der Waals surface area contributed by atoms with Crippen LogP contribution >= 0.6 is 15.9 Å². The minimum Gasteiger partial charge on any atom is -0.494 e. The van der Waals surface area contributed by atoms with E-state index in [9.17, 15) is 13.2 Å². The Kier molecular flexibility index (Phi) is 12.2. The van der Waals surface area contributed by atoms with Crippen molar-refractivity contribution in [3.05, 3.63) is 166 Å². The molecule has 3 N–H and O–H groups in total. The first-order valence-electron chi connectivity index (χ1n) is 17.1. The number of ether oxygens (including phenoxy) is 2. The highest BCUT2D eigenvalue weighted by Gasteiger charge is 2.54. The lowest BCUT2D eigenvalue weighted by molar-refractivity contribution is -0.130. The fourth-order valence-electron chi connectivity index (χ4n) is 6.21. The smallest absolute Gasteiger partial charge is 0.266 e. The summed E-state index contributed by atoms with van der Waals surface area (Å²) in [5.74, 6) is -0.184. The maximum Gasteiger partial charge on any atom is 0.266 e. The molecule has 0 aromatic heterocycles. The second-order valence-electron chi connectivity index (χ2n) is 12.4. The normalized spacial score (nSPS) is 17.0. The molecule has 0 fully saturated rings. The Morgan fingerprint density at radius 2 is 1.44 bits per heavy atom. The molecule has 0 bridgehead atoms. The molecule has 268 valence electrons. The fourth-order valence-corrected chi connectivity index (χ4v) is 8.09. The minimum atomic E-state index is -3.81. The molecule has 1 heterocycles. The number of aliphatic hydroxyl groups is 1. The number of aliphatic hydroxyl groups excluding tert-OH is 1. The molecular weight excluding hydrogens is 742 g/mol. The van der Waals surface area contributed by atoms with Gasteiger partial charge in [-0.1, -0.05) is 113 Å². The Labute approximate surface area is 312 Å². The van der Waals surface area contributed by atoms with Gasteiger partial charge in [0.05, 0.1) is 17.3 Å². The molecule has 6 rings (SSSR count). The third kappa shape index (κ3) is 8.62. The van der Waals surface area contributed by atoms with Crippen molar-refractivity contribution in [2.75, 3.05) is 25.5 Å². The van der Waals surface area contributed by atoms with Gasteiger partial charge in [-0.05, 0) is 53.6 Å². The first-order chi connectivity index (χ1) is 25.3. The molecule has 0 unspecified atom stereocenters. The summed E-state index contributed by atoms with van der Waals surface area (Å²) in [6.07, 6.45) is -0.651. The van der Waals surface area contributed by atoms with Gasteiger partial charge in [-0.15, -0.1) is 0 Å². The van der Waals surface area contributed by atoms with Crippen LogP contribution in [0.3, 0.4) is 0 Å². The van der Waals surface area contributed by atoms with Crippen molar-refractivity contribution in [1.82, 2.24) is 10.9 Å². The van der Waals surface area contributed by atoms with Gasteiger partial charge in [-0.3, -0.25) is 10.2 Å². The number of hydrazine groups is 1. The molecule has 1 aliphatic rings. The minimum absolute atomic E-state index is 0.0251. The maximum atomic E-state index is 14.7. The Hall–Kier alpha value is -4.81. The van der Waals surface area contributed by atoms with Gasteiger partial charge in [-0.2, -0.15) is 0 Å². The van der Waals surface area contributed by atoms with Gasteiger partial charge in [0.15, 0.2) is 21.5 Å². The van der Waals surface area contributed by atoms with Crippen LogP contribution in [0.4, 0.5) is 0 Å². The molecule has 11 heteroatoms. The topological polar surface area (TPSA) is 126 Å². The molecule has 5 aromatic carbocycles. The Balaban J connectivity index is 1.36. The molecular formula is C41H40BrN3O6S. The number of carbonyl (C=O) groups excluding carboxylic acids is 1. The summed E-state index contributed by atoms with van der Waals surface area (Å²) >= 11 is 3.64. The highest BCUT2D eigenvalue weighted by molar-refractivity contribution is 9.10. The van der Waals surface area contributed by atoms with Crippen LogP contribution in [0.5, 0.6) is 5.75 Å². The predicted molar refractivity (Wildman–Crippen MR) is 205 cm³/mol. The Bertz CT molecular complexity index is 2030. The molecule has 0 radical (unpaired) electrons. The van der Waals surface area contributed by atoms with Crippen molar-refractivity contribution in [1.29, 1.82) is 0 Å². The third-order valence-electron chi connectivity index (χ3n) is 8.98. The van der Waals surface area contributed by atoms with Gasteiger partial charge >= 0.3 is 0 Å². The van der Waals surface area contributed by atoms with Gasteiger partial charge in [0, 0.05) is 47.5 Å². The Morgan fingerprint density at radius 3 is 2.06 bits per heavy atom. The second-order valence-corrected chi connectivity index (χ2v) is 15.4. The quantitative estimate of drug-likeness (QED) is 0.0745. The van der Waals surface area contributed by atoms with Crippen LogP contribution in [0.2, 0.25) is 0 Å². The van der Waals surface area contributed by atoms with Crippen LogP contribution in [-0.2, 0) is 19.4 Å². The lowest BCUT2D eigenvalue weighted by Crippen LogP contribution is -2.54. The number of aliphatic imine (C=N–C) groups is 1. The van der Waals surface area contributed by atoms with E-state index in [-0.39, 0.29) is 35.5 Å². The van der Waals surface area contributed by atoms with Crippen molar-refractivity contribution in [3.8, 4) is 5.75 Å². The molecule has 1 amide bonds. The van der Waals surface area contributed by atoms with E-state index in [4.69, 9.17) is 19.6 Å². The summed E-state index contributed by atoms with van der Waals surface area (Å²) in [6.45, 7) is 0.739. The number of hydrogen-bond acceptors (Lipinski definition) is 8. The van der Waals surface area contributed by atoms with Gasteiger partial charge in [-0.25, -0.2) is 18.8 Å². The van der Waals surface area contributed by atoms with Crippen LogP contribution in [0, 0.1) is 0 Å². The lowest BCUT2D eigenvalue weighted by atomic mass is 9.85. The summed E-state index contributed by atoms with van der Waals surface area (Å²) in [6, 6.07) is 42.7. The van der Waals surface area contributed by atoms with E-state index in [1.165, 1.54) is 0 Å². The maximum absolute atomic E-state index is 14.7. The van der Waals surface area contributed by atoms with Gasteiger partial charge in [0.1, 0.15) is 5.75 Å². The van der Waals surface area contributed by atoms with Crippen LogP contribution in [0.1, 0.15) is 47.1 Å². The molecule has 52 heavy (non-hydrogen) atoms. The Morgan fingerprint density at radius 1 is 0.846 bits per heavy atom. The largest absolute Gasteiger partial charge is 0.494 e. The first-order valence-corrected chi connectivity index (χ1v) is 19.5. The number of amides is 1. The third-order valence-corrected chi connectivity index (χ3v) is 11.4. The van der Waals surface area contributed by atoms with Crippen molar-refractivity contribution < 1.29 is 27.8 Å². The first kappa shape index (κ1) is 37.0. The zero-order valence-corrected chi connectivity index (χ0v) is 30.8. The van der Waals surface area contributed by atoms with Gasteiger partial charge in [0.2, 0.25) is 5.90 Å². The molecule has 1 aliphatic heterocycles. The van der Waals surface area contributed by atoms with Crippen LogP contribution < -0.4 is 15.6 Å². The number of benzene rings is 5. The molecule has 0 spiro atoms. The number of nitrogens with zero attached hydrogens (tertiary/aromatic N) is 1.